The molecule has 3 rings (SSSR count). The average Bonchev–Trinajstić information content (AvgIpc) is 2.23. The van der Waals surface area contributed by atoms with Gasteiger partial charge in [-0.3, -0.25) is 9.59 Å². The molecule has 3 aliphatic rings. The molecule has 0 unspecified atom stereocenters. The summed E-state index contributed by atoms with van der Waals surface area (Å²) in [6.45, 7) is 0. The molecule has 2 aliphatic heterocycles. The normalized spacial score (nSPS) is 40.6. The number of hydrogen-bond acceptors (Lipinski definition) is 2. The Morgan fingerprint density at radius 2 is 1.88 bits per heavy atom. The van der Waals surface area contributed by atoms with Crippen LogP contribution >= 0.6 is 0 Å². The third kappa shape index (κ3) is 0.991. The van der Waals surface area contributed by atoms with Crippen molar-refractivity contribution in [1.29, 1.82) is 0 Å². The molecule has 0 aromatic rings. The molecule has 0 saturated heterocycles. The molecule has 1 aliphatic carbocycles. The zero-order chi connectivity index (χ0) is 11.4. The smallest absolute Gasteiger partial charge is 0.246 e. The molecule has 0 radical (unpaired) electrons. The van der Waals surface area contributed by atoms with Gasteiger partial charge in [0.25, 0.3) is 0 Å². The fraction of sp³-hybridized carbons (Fsp3) is 0.500. The Labute approximate surface area is 94.2 Å². The van der Waals surface area contributed by atoms with Crippen molar-refractivity contribution < 1.29 is 9.59 Å². The van der Waals surface area contributed by atoms with Crippen molar-refractivity contribution in [3.8, 4) is 0 Å². The van der Waals surface area contributed by atoms with Crippen LogP contribution in [0.25, 0.3) is 0 Å². The SMILES string of the molecule is CN1C=C[C@@H]2[C@@H]3C=CC(=O)N(C)[C@@H]3[C@@H]2C1=O. The maximum Gasteiger partial charge on any atom is 0.246 e. The molecule has 1 fully saturated rings. The summed E-state index contributed by atoms with van der Waals surface area (Å²) in [6.07, 6.45) is 7.50. The first-order valence-electron chi connectivity index (χ1n) is 5.51. The molecule has 4 heteroatoms. The summed E-state index contributed by atoms with van der Waals surface area (Å²) in [5.41, 5.74) is 0. The summed E-state index contributed by atoms with van der Waals surface area (Å²) < 4.78 is 0. The summed E-state index contributed by atoms with van der Waals surface area (Å²) >= 11 is 0. The first kappa shape index (κ1) is 9.63. The fourth-order valence-electron chi connectivity index (χ4n) is 3.08. The number of carbonyl (C=O) groups excluding carboxylic acids is 2. The van der Waals surface area contributed by atoms with E-state index in [0.717, 1.165) is 0 Å². The predicted octanol–water partition coefficient (Wildman–Crippen LogP) is 0.231. The second-order valence-electron chi connectivity index (χ2n) is 4.77. The van der Waals surface area contributed by atoms with Crippen LogP contribution < -0.4 is 0 Å². The topological polar surface area (TPSA) is 40.6 Å². The maximum atomic E-state index is 12.0. The van der Waals surface area contributed by atoms with Crippen LogP contribution in [-0.2, 0) is 9.59 Å². The van der Waals surface area contributed by atoms with Gasteiger partial charge in [0.15, 0.2) is 0 Å². The fourth-order valence-corrected chi connectivity index (χ4v) is 3.08. The Hall–Kier alpha value is -1.58. The van der Waals surface area contributed by atoms with E-state index in [1.165, 1.54) is 0 Å². The van der Waals surface area contributed by atoms with E-state index in [9.17, 15) is 9.59 Å². The summed E-state index contributed by atoms with van der Waals surface area (Å²) in [6, 6.07) is 0.0578. The van der Waals surface area contributed by atoms with Crippen molar-refractivity contribution in [1.82, 2.24) is 9.80 Å². The molecule has 0 bridgehead atoms. The van der Waals surface area contributed by atoms with Crippen LogP contribution in [0.4, 0.5) is 0 Å². The van der Waals surface area contributed by atoms with E-state index in [0.29, 0.717) is 5.92 Å². The van der Waals surface area contributed by atoms with E-state index in [2.05, 4.69) is 6.08 Å². The third-order valence-electron chi connectivity index (χ3n) is 4.04. The van der Waals surface area contributed by atoms with Crippen LogP contribution in [-0.4, -0.2) is 41.8 Å². The number of fused-ring (bicyclic) bond motifs is 4. The lowest BCUT2D eigenvalue weighted by molar-refractivity contribution is -0.152. The summed E-state index contributed by atoms with van der Waals surface area (Å²) in [4.78, 5) is 26.9. The Bertz CT molecular complexity index is 427. The lowest BCUT2D eigenvalue weighted by Gasteiger charge is -2.56. The van der Waals surface area contributed by atoms with Crippen molar-refractivity contribution in [2.75, 3.05) is 14.1 Å². The highest BCUT2D eigenvalue weighted by Gasteiger charge is 2.57. The van der Waals surface area contributed by atoms with Gasteiger partial charge in [-0.15, -0.1) is 0 Å². The van der Waals surface area contributed by atoms with Crippen LogP contribution in [0.15, 0.2) is 24.4 Å². The van der Waals surface area contributed by atoms with E-state index in [4.69, 9.17) is 0 Å². The number of likely N-dealkylation sites (N-methyl/N-ethyl adjacent to an activating group) is 1. The molecule has 4 nitrogen and oxygen atoms in total. The lowest BCUT2D eigenvalue weighted by atomic mass is 9.57. The highest BCUT2D eigenvalue weighted by Crippen LogP contribution is 2.49. The standard InChI is InChI=1S/C12H14N2O2/c1-13-6-5-7-8-3-4-9(15)14(2)11(8)10(7)12(13)16/h3-8,10-11H,1-2H3/t7-,8+,10-,11+/m1/s1. The molecule has 0 aromatic carbocycles. The quantitative estimate of drug-likeness (QED) is 0.584. The molecule has 16 heavy (non-hydrogen) atoms. The molecule has 0 spiro atoms. The number of amides is 2. The molecule has 2 amide bonds. The summed E-state index contributed by atoms with van der Waals surface area (Å²) in [7, 11) is 3.55. The van der Waals surface area contributed by atoms with Gasteiger partial charge in [-0.05, 0) is 6.08 Å². The Morgan fingerprint density at radius 1 is 1.12 bits per heavy atom. The minimum absolute atomic E-state index is 0.00436. The molecular weight excluding hydrogens is 204 g/mol. The van der Waals surface area contributed by atoms with Gasteiger partial charge in [0.1, 0.15) is 0 Å². The van der Waals surface area contributed by atoms with E-state index < -0.39 is 0 Å². The summed E-state index contributed by atoms with van der Waals surface area (Å²) in [5, 5.41) is 0. The molecule has 0 aromatic heterocycles. The minimum Gasteiger partial charge on any atom is -0.338 e. The second-order valence-corrected chi connectivity index (χ2v) is 4.77. The minimum atomic E-state index is -0.0427. The van der Waals surface area contributed by atoms with Gasteiger partial charge in [-0.1, -0.05) is 12.2 Å². The second kappa shape index (κ2) is 2.97. The molecular formula is C12H14N2O2. The van der Waals surface area contributed by atoms with Crippen LogP contribution in [0.5, 0.6) is 0 Å². The molecule has 0 N–H and O–H groups in total. The van der Waals surface area contributed by atoms with Crippen molar-refractivity contribution in [3.05, 3.63) is 24.4 Å². The predicted molar refractivity (Wildman–Crippen MR) is 58.1 cm³/mol. The van der Waals surface area contributed by atoms with E-state index in [1.807, 2.05) is 12.3 Å². The first-order valence-corrected chi connectivity index (χ1v) is 5.51. The Kier molecular flexibility index (Phi) is 1.79. The molecule has 84 valence electrons. The van der Waals surface area contributed by atoms with Gasteiger partial charge in [0, 0.05) is 32.1 Å². The molecule has 2 heterocycles. The van der Waals surface area contributed by atoms with E-state index in [1.54, 1.807) is 30.0 Å². The van der Waals surface area contributed by atoms with Gasteiger partial charge in [0.05, 0.1) is 12.0 Å². The molecule has 4 atom stereocenters. The molecule has 1 saturated carbocycles. The number of rotatable bonds is 0. The average molecular weight is 218 g/mol. The van der Waals surface area contributed by atoms with Crippen molar-refractivity contribution in [3.63, 3.8) is 0 Å². The van der Waals surface area contributed by atoms with Gasteiger partial charge in [-0.25, -0.2) is 0 Å². The number of hydrogen-bond donors (Lipinski definition) is 0. The lowest BCUT2D eigenvalue weighted by Crippen LogP contribution is -2.65. The van der Waals surface area contributed by atoms with Crippen LogP contribution in [0.3, 0.4) is 0 Å². The summed E-state index contributed by atoms with van der Waals surface area (Å²) in [5.74, 6) is 0.689. The van der Waals surface area contributed by atoms with Crippen LogP contribution in [0.2, 0.25) is 0 Å². The first-order chi connectivity index (χ1) is 7.61. The van der Waals surface area contributed by atoms with Crippen LogP contribution in [0, 0.1) is 17.8 Å². The number of allylic oxidation sites excluding steroid dienone is 1. The van der Waals surface area contributed by atoms with Gasteiger partial charge in [0.2, 0.25) is 11.8 Å². The largest absolute Gasteiger partial charge is 0.338 e. The van der Waals surface area contributed by atoms with Gasteiger partial charge < -0.3 is 9.80 Å². The Balaban J connectivity index is 1.97. The van der Waals surface area contributed by atoms with E-state index in [-0.39, 0.29) is 29.7 Å². The third-order valence-corrected chi connectivity index (χ3v) is 4.04. The van der Waals surface area contributed by atoms with Crippen molar-refractivity contribution in [2.24, 2.45) is 17.8 Å². The Morgan fingerprint density at radius 3 is 2.62 bits per heavy atom. The van der Waals surface area contributed by atoms with E-state index >= 15 is 0 Å². The van der Waals surface area contributed by atoms with Crippen molar-refractivity contribution in [2.45, 2.75) is 6.04 Å². The highest BCUT2D eigenvalue weighted by molar-refractivity contribution is 5.91. The van der Waals surface area contributed by atoms with Gasteiger partial charge in [-0.2, -0.15) is 0 Å². The zero-order valence-electron chi connectivity index (χ0n) is 9.33. The van der Waals surface area contributed by atoms with Crippen LogP contribution in [0.1, 0.15) is 0 Å². The zero-order valence-corrected chi connectivity index (χ0v) is 9.33. The maximum absolute atomic E-state index is 12.0. The van der Waals surface area contributed by atoms with Crippen molar-refractivity contribution >= 4 is 11.8 Å². The monoisotopic (exact) mass is 218 g/mol. The number of carbonyl (C=O) groups is 2. The number of nitrogens with zero attached hydrogens (tertiary/aromatic N) is 2. The highest BCUT2D eigenvalue weighted by atomic mass is 16.2. The van der Waals surface area contributed by atoms with Gasteiger partial charge >= 0.3 is 0 Å².